The summed E-state index contributed by atoms with van der Waals surface area (Å²) >= 11 is 3.02. The number of halogens is 4. The molecule has 0 aliphatic carbocycles. The molecular formula is C11H12BrF3O2. The zero-order valence-corrected chi connectivity index (χ0v) is 10.9. The lowest BCUT2D eigenvalue weighted by Gasteiger charge is -2.17. The van der Waals surface area contributed by atoms with E-state index < -0.39 is 17.8 Å². The van der Waals surface area contributed by atoms with Gasteiger partial charge in [0.1, 0.15) is 5.75 Å². The molecule has 1 unspecified atom stereocenters. The van der Waals surface area contributed by atoms with Gasteiger partial charge in [0.15, 0.2) is 0 Å². The molecule has 1 N–H and O–H groups in total. The summed E-state index contributed by atoms with van der Waals surface area (Å²) in [5.41, 5.74) is -0.519. The number of aliphatic hydroxyl groups excluding tert-OH is 1. The average molecular weight is 313 g/mol. The third-order valence-electron chi connectivity index (χ3n) is 2.16. The molecule has 0 aliphatic heterocycles. The van der Waals surface area contributed by atoms with Crippen LogP contribution in [0.1, 0.15) is 18.1 Å². The van der Waals surface area contributed by atoms with Crippen LogP contribution in [0.5, 0.6) is 5.75 Å². The Hall–Kier alpha value is -0.750. The topological polar surface area (TPSA) is 29.5 Å². The van der Waals surface area contributed by atoms with Gasteiger partial charge < -0.3 is 9.84 Å². The average Bonchev–Trinajstić information content (AvgIpc) is 2.14. The van der Waals surface area contributed by atoms with Crippen molar-refractivity contribution in [3.63, 3.8) is 0 Å². The van der Waals surface area contributed by atoms with Crippen LogP contribution in [-0.2, 0) is 12.6 Å². The summed E-state index contributed by atoms with van der Waals surface area (Å²) in [5, 5.41) is 9.26. The molecule has 96 valence electrons. The molecule has 0 heterocycles. The molecule has 0 amide bonds. The third kappa shape index (κ3) is 3.61. The lowest BCUT2D eigenvalue weighted by molar-refractivity contribution is -0.138. The molecule has 0 fully saturated rings. The highest BCUT2D eigenvalue weighted by Crippen LogP contribution is 2.40. The van der Waals surface area contributed by atoms with Gasteiger partial charge >= 0.3 is 6.18 Å². The van der Waals surface area contributed by atoms with E-state index in [0.29, 0.717) is 10.0 Å². The second-order valence-corrected chi connectivity index (χ2v) is 4.61. The highest BCUT2D eigenvalue weighted by Gasteiger charge is 2.35. The van der Waals surface area contributed by atoms with Crippen molar-refractivity contribution < 1.29 is 23.0 Å². The quantitative estimate of drug-likeness (QED) is 0.927. The zero-order chi connectivity index (χ0) is 13.2. The largest absolute Gasteiger partial charge is 0.496 e. The summed E-state index contributed by atoms with van der Waals surface area (Å²) < 4.78 is 43.4. The van der Waals surface area contributed by atoms with Crippen LogP contribution in [0.3, 0.4) is 0 Å². The molecule has 0 aromatic heterocycles. The van der Waals surface area contributed by atoms with Gasteiger partial charge in [0.05, 0.1) is 18.8 Å². The van der Waals surface area contributed by atoms with E-state index in [4.69, 9.17) is 4.74 Å². The molecule has 6 heteroatoms. The van der Waals surface area contributed by atoms with Crippen molar-refractivity contribution in [2.24, 2.45) is 0 Å². The maximum atomic E-state index is 12.8. The molecule has 0 spiro atoms. The molecule has 0 radical (unpaired) electrons. The SMILES string of the molecule is COc1c(CC(C)O)cc(Br)cc1C(F)(F)F. The van der Waals surface area contributed by atoms with Crippen LogP contribution in [0.15, 0.2) is 16.6 Å². The first-order valence-corrected chi connectivity index (χ1v) is 5.66. The molecule has 17 heavy (non-hydrogen) atoms. The minimum atomic E-state index is -4.48. The molecule has 1 atom stereocenters. The minimum absolute atomic E-state index is 0.103. The number of ether oxygens (including phenoxy) is 1. The number of hydrogen-bond donors (Lipinski definition) is 1. The fraction of sp³-hybridized carbons (Fsp3) is 0.455. The first kappa shape index (κ1) is 14.3. The Bertz CT molecular complexity index is 402. The van der Waals surface area contributed by atoms with Crippen molar-refractivity contribution in [2.45, 2.75) is 25.6 Å². The smallest absolute Gasteiger partial charge is 0.420 e. The van der Waals surface area contributed by atoms with Gasteiger partial charge in [-0.25, -0.2) is 0 Å². The molecule has 1 aromatic carbocycles. The summed E-state index contributed by atoms with van der Waals surface area (Å²) in [6, 6.07) is 2.48. The lowest BCUT2D eigenvalue weighted by Crippen LogP contribution is -2.12. The summed E-state index contributed by atoms with van der Waals surface area (Å²) in [6.07, 6.45) is -5.12. The van der Waals surface area contributed by atoms with Gasteiger partial charge in [0.2, 0.25) is 0 Å². The Labute approximate surface area is 106 Å². The van der Waals surface area contributed by atoms with Crippen molar-refractivity contribution >= 4 is 15.9 Å². The number of rotatable bonds is 3. The van der Waals surface area contributed by atoms with Crippen LogP contribution < -0.4 is 4.74 Å². The van der Waals surface area contributed by atoms with Crippen LogP contribution in [0, 0.1) is 0 Å². The van der Waals surface area contributed by atoms with Gasteiger partial charge in [0, 0.05) is 10.9 Å². The first-order chi connectivity index (χ1) is 7.75. The predicted octanol–water partition coefficient (Wildman–Crippen LogP) is 3.40. The third-order valence-corrected chi connectivity index (χ3v) is 2.61. The van der Waals surface area contributed by atoms with Gasteiger partial charge in [-0.05, 0) is 24.6 Å². The fourth-order valence-corrected chi connectivity index (χ4v) is 2.08. The normalized spacial score (nSPS) is 13.6. The van der Waals surface area contributed by atoms with E-state index in [9.17, 15) is 18.3 Å². The van der Waals surface area contributed by atoms with Crippen LogP contribution in [0.4, 0.5) is 13.2 Å². The monoisotopic (exact) mass is 312 g/mol. The second-order valence-electron chi connectivity index (χ2n) is 3.70. The van der Waals surface area contributed by atoms with Crippen LogP contribution in [0.25, 0.3) is 0 Å². The number of benzene rings is 1. The highest BCUT2D eigenvalue weighted by molar-refractivity contribution is 9.10. The summed E-state index contributed by atoms with van der Waals surface area (Å²) in [4.78, 5) is 0. The fourth-order valence-electron chi connectivity index (χ4n) is 1.57. The van der Waals surface area contributed by atoms with E-state index >= 15 is 0 Å². The Balaban J connectivity index is 3.35. The summed E-state index contributed by atoms with van der Waals surface area (Å²) in [5.74, 6) is -0.235. The molecule has 1 aromatic rings. The van der Waals surface area contributed by atoms with Gasteiger partial charge in [-0.2, -0.15) is 13.2 Å². The number of alkyl halides is 3. The van der Waals surface area contributed by atoms with Gasteiger partial charge in [-0.3, -0.25) is 0 Å². The summed E-state index contributed by atoms with van der Waals surface area (Å²) in [7, 11) is 1.18. The standard InChI is InChI=1S/C11H12BrF3O2/c1-6(16)3-7-4-8(12)5-9(10(7)17-2)11(13,14)15/h4-6,16H,3H2,1-2H3. The molecule has 0 saturated carbocycles. The van der Waals surface area contributed by atoms with Crippen LogP contribution >= 0.6 is 15.9 Å². The molecular weight excluding hydrogens is 301 g/mol. The van der Waals surface area contributed by atoms with Crippen molar-refractivity contribution in [2.75, 3.05) is 7.11 Å². The highest BCUT2D eigenvalue weighted by atomic mass is 79.9. The molecule has 0 bridgehead atoms. The molecule has 0 saturated heterocycles. The number of methoxy groups -OCH3 is 1. The van der Waals surface area contributed by atoms with Crippen molar-refractivity contribution in [3.8, 4) is 5.75 Å². The maximum absolute atomic E-state index is 12.8. The minimum Gasteiger partial charge on any atom is -0.496 e. The molecule has 0 aliphatic rings. The Morgan fingerprint density at radius 1 is 1.41 bits per heavy atom. The van der Waals surface area contributed by atoms with Gasteiger partial charge in [-0.15, -0.1) is 0 Å². The van der Waals surface area contributed by atoms with Crippen molar-refractivity contribution in [1.29, 1.82) is 0 Å². The van der Waals surface area contributed by atoms with E-state index in [1.807, 2.05) is 0 Å². The van der Waals surface area contributed by atoms with Crippen molar-refractivity contribution in [1.82, 2.24) is 0 Å². The zero-order valence-electron chi connectivity index (χ0n) is 9.31. The van der Waals surface area contributed by atoms with E-state index in [1.165, 1.54) is 20.1 Å². The molecule has 2 nitrogen and oxygen atoms in total. The van der Waals surface area contributed by atoms with E-state index in [0.717, 1.165) is 6.07 Å². The maximum Gasteiger partial charge on any atom is 0.420 e. The van der Waals surface area contributed by atoms with Gasteiger partial charge in [-0.1, -0.05) is 15.9 Å². The van der Waals surface area contributed by atoms with Crippen LogP contribution in [0.2, 0.25) is 0 Å². The predicted molar refractivity (Wildman–Crippen MR) is 61.1 cm³/mol. The number of aliphatic hydroxyl groups is 1. The van der Waals surface area contributed by atoms with Crippen LogP contribution in [-0.4, -0.2) is 18.3 Å². The lowest BCUT2D eigenvalue weighted by atomic mass is 10.0. The number of hydrogen-bond acceptors (Lipinski definition) is 2. The Kier molecular flexibility index (Phi) is 4.43. The Morgan fingerprint density at radius 3 is 2.41 bits per heavy atom. The Morgan fingerprint density at radius 2 is 2.00 bits per heavy atom. The van der Waals surface area contributed by atoms with E-state index in [1.54, 1.807) is 0 Å². The van der Waals surface area contributed by atoms with E-state index in [2.05, 4.69) is 15.9 Å². The van der Waals surface area contributed by atoms with E-state index in [-0.39, 0.29) is 12.2 Å². The second kappa shape index (κ2) is 5.27. The summed E-state index contributed by atoms with van der Waals surface area (Å²) in [6.45, 7) is 1.51. The van der Waals surface area contributed by atoms with Gasteiger partial charge in [0.25, 0.3) is 0 Å². The molecule has 1 rings (SSSR count). The van der Waals surface area contributed by atoms with Crippen molar-refractivity contribution in [3.05, 3.63) is 27.7 Å². The first-order valence-electron chi connectivity index (χ1n) is 4.87.